The minimum absolute atomic E-state index is 0.109. The largest absolute Gasteiger partial charge is 0.457 e. The van der Waals surface area contributed by atoms with Crippen molar-refractivity contribution in [3.63, 3.8) is 0 Å². The average Bonchev–Trinajstić information content (AvgIpc) is 0.674. The molecule has 0 aromatic carbocycles. The first kappa shape index (κ1) is 70.5. The van der Waals surface area contributed by atoms with Crippen molar-refractivity contribution in [3.8, 4) is 0 Å². The molecule has 1 spiro atoms. The molecule has 12 fully saturated rings. The number of aliphatic hydroxyl groups excluding tert-OH is 13. The Morgan fingerprint density at radius 1 is 0.565 bits per heavy atom. The van der Waals surface area contributed by atoms with Crippen LogP contribution in [0.25, 0.3) is 0 Å². The minimum atomic E-state index is -2.29. The van der Waals surface area contributed by atoms with Crippen LogP contribution in [0, 0.1) is 50.2 Å². The maximum absolute atomic E-state index is 15.6. The zero-order valence-corrected chi connectivity index (χ0v) is 53.4. The number of allylic oxidation sites excluding steroid dienone is 2. The van der Waals surface area contributed by atoms with Gasteiger partial charge in [-0.3, -0.25) is 14.4 Å². The van der Waals surface area contributed by atoms with Gasteiger partial charge in [-0.15, -0.1) is 0 Å². The van der Waals surface area contributed by atoms with E-state index in [1.807, 2.05) is 6.92 Å². The lowest BCUT2D eigenvalue weighted by molar-refractivity contribution is -0.377. The Kier molecular flexibility index (Phi) is 19.8. The van der Waals surface area contributed by atoms with Crippen molar-refractivity contribution in [1.82, 2.24) is 0 Å². The molecule has 0 unspecified atom stereocenters. The van der Waals surface area contributed by atoms with E-state index in [-0.39, 0.29) is 29.6 Å². The second-order valence-corrected chi connectivity index (χ2v) is 30.5. The molecule has 12 aliphatic heterocycles. The van der Waals surface area contributed by atoms with E-state index in [1.165, 1.54) is 6.92 Å². The summed E-state index contributed by atoms with van der Waals surface area (Å²) in [7, 11) is 0. The van der Waals surface area contributed by atoms with E-state index in [4.69, 9.17) is 56.8 Å². The lowest BCUT2D eigenvalue weighted by Gasteiger charge is -2.72. The van der Waals surface area contributed by atoms with Gasteiger partial charge < -0.3 is 128 Å². The highest BCUT2D eigenvalue weighted by Crippen LogP contribution is 2.76. The summed E-state index contributed by atoms with van der Waals surface area (Å²) in [6.45, 7) is 12.2. The normalized spacial score (nSPS) is 54.4. The molecule has 5 aliphatic carbocycles. The van der Waals surface area contributed by atoms with Gasteiger partial charge >= 0.3 is 17.9 Å². The molecule has 0 aromatic rings. The van der Waals surface area contributed by atoms with Crippen molar-refractivity contribution >= 4 is 17.9 Å². The zero-order chi connectivity index (χ0) is 66.9. The summed E-state index contributed by atoms with van der Waals surface area (Å²) in [4.78, 5) is 43.1. The molecule has 8 saturated heterocycles. The molecule has 0 amide bonds. The molecule has 4 saturated carbocycles. The number of esters is 3. The summed E-state index contributed by atoms with van der Waals surface area (Å²) in [5, 5.41) is 159. The Labute approximate surface area is 533 Å². The van der Waals surface area contributed by atoms with Gasteiger partial charge in [0.15, 0.2) is 43.5 Å². The summed E-state index contributed by atoms with van der Waals surface area (Å²) in [5.74, 6) is -3.90. The SMILES string of the molecule is C[C@@H]1O[C@H]2O[C@H]3[C@@H](OC[C@H](O)[C@@H]3O)OC(=O)[C@]34CCC(C)(C)C[C@H]3C3=CC[C@@H]5[C@@]6(C)C[C@H](O)[C@H](O[C@@H]7O[C@H](CO)[C@@H](O)[C@H](O)[C@H]7O[C@@H]7OC[C@H](OC(=O)C[C@](C)(O)CC(=O)O[C@@H]1[C@@H](O[C@@H]1OC[C@@H](O)[C@H](O)[C@H]1O)[C@H]2O)[C@H](O)[C@H]7O)[C@](C)(CO)[C@@H]6CC[C@@]5(C)[C@]3(C)CC4. The van der Waals surface area contributed by atoms with E-state index in [0.29, 0.717) is 51.4 Å². The quantitative estimate of drug-likeness (QED) is 0.0590. The summed E-state index contributed by atoms with van der Waals surface area (Å²) in [6.07, 6.45) is -36.9. The van der Waals surface area contributed by atoms with E-state index in [0.717, 1.165) is 12.5 Å². The summed E-state index contributed by atoms with van der Waals surface area (Å²) in [6, 6.07) is 0. The molecule has 29 heteroatoms. The van der Waals surface area contributed by atoms with E-state index >= 15 is 4.79 Å². The fourth-order valence-corrected chi connectivity index (χ4v) is 18.5. The van der Waals surface area contributed by atoms with Crippen molar-refractivity contribution in [1.29, 1.82) is 0 Å². The second-order valence-electron chi connectivity index (χ2n) is 30.5. The number of rotatable bonds is 4. The van der Waals surface area contributed by atoms with Crippen LogP contribution >= 0.6 is 0 Å². The lowest BCUT2D eigenvalue weighted by atomic mass is 9.33. The zero-order valence-electron chi connectivity index (χ0n) is 53.4. The Morgan fingerprint density at radius 2 is 1.21 bits per heavy atom. The fourth-order valence-electron chi connectivity index (χ4n) is 18.5. The third-order valence-corrected chi connectivity index (χ3v) is 24.0. The van der Waals surface area contributed by atoms with Crippen LogP contribution in [0.1, 0.15) is 126 Å². The number of carbonyl (C=O) groups excluding carboxylic acids is 3. The van der Waals surface area contributed by atoms with Crippen molar-refractivity contribution in [2.45, 2.75) is 279 Å². The van der Waals surface area contributed by atoms with Gasteiger partial charge in [0.2, 0.25) is 6.29 Å². The number of hydrogen-bond acceptors (Lipinski definition) is 29. The van der Waals surface area contributed by atoms with Crippen molar-refractivity contribution in [2.24, 2.45) is 50.2 Å². The smallest absolute Gasteiger partial charge is 0.315 e. The van der Waals surface area contributed by atoms with E-state index in [9.17, 15) is 81.1 Å². The van der Waals surface area contributed by atoms with Crippen molar-refractivity contribution in [3.05, 3.63) is 11.6 Å². The molecule has 17 aliphatic rings. The summed E-state index contributed by atoms with van der Waals surface area (Å²) >= 11 is 0. The first-order valence-corrected chi connectivity index (χ1v) is 32.6. The third-order valence-electron chi connectivity index (χ3n) is 24.0. The van der Waals surface area contributed by atoms with Crippen LogP contribution in [0.5, 0.6) is 0 Å². The predicted molar refractivity (Wildman–Crippen MR) is 306 cm³/mol. The second kappa shape index (κ2) is 25.8. The number of hydrogen-bond donors (Lipinski definition) is 14. The van der Waals surface area contributed by atoms with Gasteiger partial charge in [-0.1, -0.05) is 53.2 Å². The molecular weight excluding hydrogens is 1220 g/mol. The van der Waals surface area contributed by atoms with E-state index in [2.05, 4.69) is 40.7 Å². The molecule has 17 rings (SSSR count). The average molecular weight is 1320 g/mol. The molecule has 0 radical (unpaired) electrons. The number of ether oxygens (including phenoxy) is 12. The van der Waals surface area contributed by atoms with Gasteiger partial charge in [0.05, 0.1) is 75.2 Å². The molecule has 33 atom stereocenters. The van der Waals surface area contributed by atoms with Crippen molar-refractivity contribution < 1.29 is 143 Å². The first-order valence-electron chi connectivity index (χ1n) is 32.6. The van der Waals surface area contributed by atoms with Crippen molar-refractivity contribution in [2.75, 3.05) is 33.0 Å². The van der Waals surface area contributed by atoms with Gasteiger partial charge in [0, 0.05) is 5.41 Å². The Bertz CT molecular complexity index is 2700. The highest BCUT2D eigenvalue weighted by atomic mass is 16.8. The fraction of sp³-hybridized carbons (Fsp3) is 0.921. The molecule has 12 heterocycles. The van der Waals surface area contributed by atoms with Crippen LogP contribution < -0.4 is 0 Å². The third kappa shape index (κ3) is 12.1. The van der Waals surface area contributed by atoms with E-state index < -0.39 is 244 Å². The highest BCUT2D eigenvalue weighted by molar-refractivity contribution is 5.79. The Hall–Kier alpha value is -2.77. The monoisotopic (exact) mass is 1320 g/mol. The molecule has 12 bridgehead atoms. The Balaban J connectivity index is 0.951. The molecule has 14 N–H and O–H groups in total. The first-order chi connectivity index (χ1) is 43.1. The predicted octanol–water partition coefficient (Wildman–Crippen LogP) is -2.68. The van der Waals surface area contributed by atoms with Gasteiger partial charge in [0.25, 0.3) is 0 Å². The van der Waals surface area contributed by atoms with Gasteiger partial charge in [0.1, 0.15) is 79.4 Å². The number of carbonyl (C=O) groups is 3. The molecule has 0 aromatic heterocycles. The van der Waals surface area contributed by atoms with Crippen LogP contribution in [0.4, 0.5) is 0 Å². The minimum Gasteiger partial charge on any atom is -0.457 e. The van der Waals surface area contributed by atoms with E-state index in [1.54, 1.807) is 0 Å². The summed E-state index contributed by atoms with van der Waals surface area (Å²) < 4.78 is 72.3. The summed E-state index contributed by atoms with van der Waals surface area (Å²) in [5.41, 5.74) is -5.49. The van der Waals surface area contributed by atoms with Gasteiger partial charge in [-0.25, -0.2) is 0 Å². The standard InChI is InChI=1S/C63H98O29/c1-26-46-47(88-51-43(76)38(71)30(67)22-81-51)45(78)53(84-26)90-48-39(72)31(68)23-82-54(48)92-56(79)63-15-13-57(2,3)17-28(63)27-9-10-35-59(5)18-29(66)50(60(6,25-65)34(59)11-12-62(35,8)61(27,7)14-16-63)91-55-49(42(75)40(73)32(21-64)86-55)89-52-44(77)41(74)33(24-83-52)85-36(69)19-58(4,80)20-37(70)87-46/h9,26,28-35,38-55,64-68,71-78,80H,10-25H2,1-8H3/t26-,28-,29-,30+,31-,32+,33-,34+,35+,38-,39-,40+,41-,42-,43+,44+,45+,46-,47-,48+,49+,50-,51-,52-,53-,54-,55-,58-,59-,60+,61+,62+,63-/m0/s1. The number of aliphatic hydroxyl groups is 14. The van der Waals surface area contributed by atoms with Crippen LogP contribution in [0.15, 0.2) is 11.6 Å². The maximum Gasteiger partial charge on any atom is 0.315 e. The van der Waals surface area contributed by atoms with Gasteiger partial charge in [-0.2, -0.15) is 0 Å². The molecule has 524 valence electrons. The van der Waals surface area contributed by atoms with Crippen LogP contribution in [-0.2, 0) is 71.2 Å². The molecule has 92 heavy (non-hydrogen) atoms. The highest BCUT2D eigenvalue weighted by Gasteiger charge is 2.72. The van der Waals surface area contributed by atoms with Crippen LogP contribution in [0.3, 0.4) is 0 Å². The maximum atomic E-state index is 15.6. The van der Waals surface area contributed by atoms with Crippen LogP contribution in [0.2, 0.25) is 0 Å². The van der Waals surface area contributed by atoms with Crippen LogP contribution in [-0.4, -0.2) is 275 Å². The molecule has 29 nitrogen and oxygen atoms in total. The lowest BCUT2D eigenvalue weighted by Crippen LogP contribution is -2.70. The molecular formula is C63H98O29. The van der Waals surface area contributed by atoms with Gasteiger partial charge in [-0.05, 0) is 111 Å². The Morgan fingerprint density at radius 3 is 1.90 bits per heavy atom. The topological polar surface area (TPSA) is 445 Å².